The molecular formula is C23H22ClN5O4. The second-order valence-electron chi connectivity index (χ2n) is 7.68. The summed E-state index contributed by atoms with van der Waals surface area (Å²) in [6, 6.07) is 13.6. The Hall–Kier alpha value is -3.72. The molecule has 0 aliphatic carbocycles. The molecule has 0 bridgehead atoms. The Bertz CT molecular complexity index is 1170. The lowest BCUT2D eigenvalue weighted by molar-refractivity contribution is -0.383. The highest BCUT2D eigenvalue weighted by atomic mass is 35.5. The van der Waals surface area contributed by atoms with Gasteiger partial charge in [-0.05, 0) is 49.2 Å². The standard InChI is InChI=1S/C23H22ClN5O4/c1-33-18-7-4-15(5-8-18)19-12-22(26-14-25-19)28-10-2-3-16(13-28)23(30)27-20-11-17(24)6-9-21(20)29(31)32/h4-9,11-12,14,16H,2-3,10,13H2,1H3,(H,27,30). The molecule has 0 saturated carbocycles. The molecule has 0 radical (unpaired) electrons. The van der Waals surface area contributed by atoms with Gasteiger partial charge in [0.05, 0.1) is 23.6 Å². The van der Waals surface area contributed by atoms with Crippen molar-refractivity contribution in [2.24, 2.45) is 5.92 Å². The quantitative estimate of drug-likeness (QED) is 0.417. The van der Waals surface area contributed by atoms with Crippen molar-refractivity contribution in [3.63, 3.8) is 0 Å². The van der Waals surface area contributed by atoms with Gasteiger partial charge in [0.1, 0.15) is 23.6 Å². The van der Waals surface area contributed by atoms with Crippen molar-refractivity contribution in [2.75, 3.05) is 30.4 Å². The smallest absolute Gasteiger partial charge is 0.292 e. The van der Waals surface area contributed by atoms with Crippen LogP contribution in [0.4, 0.5) is 17.2 Å². The first-order valence-corrected chi connectivity index (χ1v) is 10.8. The maximum Gasteiger partial charge on any atom is 0.292 e. The molecule has 1 fully saturated rings. The number of piperidine rings is 1. The maximum atomic E-state index is 12.9. The third kappa shape index (κ3) is 5.20. The molecule has 3 aromatic rings. The third-order valence-electron chi connectivity index (χ3n) is 5.57. The van der Waals surface area contributed by atoms with Crippen LogP contribution >= 0.6 is 11.6 Å². The molecule has 1 atom stereocenters. The minimum atomic E-state index is -0.541. The van der Waals surface area contributed by atoms with Crippen molar-refractivity contribution in [3.05, 3.63) is 70.0 Å². The van der Waals surface area contributed by atoms with Crippen LogP contribution in [0.3, 0.4) is 0 Å². The Kier molecular flexibility index (Phi) is 6.69. The molecule has 170 valence electrons. The number of rotatable bonds is 6. The molecule has 0 spiro atoms. The molecule has 1 unspecified atom stereocenters. The van der Waals surface area contributed by atoms with E-state index in [1.807, 2.05) is 35.2 Å². The van der Waals surface area contributed by atoms with Gasteiger partial charge in [0.2, 0.25) is 5.91 Å². The Morgan fingerprint density at radius 3 is 2.73 bits per heavy atom. The van der Waals surface area contributed by atoms with Gasteiger partial charge >= 0.3 is 0 Å². The van der Waals surface area contributed by atoms with E-state index in [2.05, 4.69) is 15.3 Å². The van der Waals surface area contributed by atoms with Crippen molar-refractivity contribution < 1.29 is 14.5 Å². The number of nitro groups is 1. The number of benzene rings is 2. The predicted octanol–water partition coefficient (Wildman–Crippen LogP) is 4.57. The molecule has 9 nitrogen and oxygen atoms in total. The molecule has 33 heavy (non-hydrogen) atoms. The third-order valence-corrected chi connectivity index (χ3v) is 5.80. The van der Waals surface area contributed by atoms with Crippen LogP contribution in [0.5, 0.6) is 5.75 Å². The molecule has 2 aromatic carbocycles. The van der Waals surface area contributed by atoms with Crippen LogP contribution in [0, 0.1) is 16.0 Å². The first kappa shape index (κ1) is 22.5. The largest absolute Gasteiger partial charge is 0.497 e. The molecule has 4 rings (SSSR count). The zero-order valence-electron chi connectivity index (χ0n) is 17.9. The van der Waals surface area contributed by atoms with E-state index in [0.717, 1.165) is 35.8 Å². The van der Waals surface area contributed by atoms with E-state index in [0.29, 0.717) is 18.0 Å². The highest BCUT2D eigenvalue weighted by molar-refractivity contribution is 6.31. The second-order valence-corrected chi connectivity index (χ2v) is 8.12. The van der Waals surface area contributed by atoms with E-state index in [9.17, 15) is 14.9 Å². The van der Waals surface area contributed by atoms with Crippen LogP contribution in [0.25, 0.3) is 11.3 Å². The summed E-state index contributed by atoms with van der Waals surface area (Å²) in [6.45, 7) is 1.19. The molecule has 2 heterocycles. The highest BCUT2D eigenvalue weighted by Crippen LogP contribution is 2.30. The zero-order valence-corrected chi connectivity index (χ0v) is 18.7. The average Bonchev–Trinajstić information content (AvgIpc) is 2.84. The summed E-state index contributed by atoms with van der Waals surface area (Å²) in [6.07, 6.45) is 2.97. The fourth-order valence-corrected chi connectivity index (χ4v) is 4.01. The molecule has 1 aliphatic heterocycles. The number of carbonyl (C=O) groups is 1. The Morgan fingerprint density at radius 1 is 1.21 bits per heavy atom. The van der Waals surface area contributed by atoms with Gasteiger partial charge in [-0.1, -0.05) is 11.6 Å². The number of amides is 1. The SMILES string of the molecule is COc1ccc(-c2cc(N3CCCC(C(=O)Nc4cc(Cl)ccc4[N+](=O)[O-])C3)ncn2)cc1. The number of nitro benzene ring substituents is 1. The van der Waals surface area contributed by atoms with Crippen molar-refractivity contribution in [1.82, 2.24) is 9.97 Å². The summed E-state index contributed by atoms with van der Waals surface area (Å²) in [7, 11) is 1.62. The number of anilines is 2. The van der Waals surface area contributed by atoms with Crippen LogP contribution in [0.1, 0.15) is 12.8 Å². The summed E-state index contributed by atoms with van der Waals surface area (Å²) < 4.78 is 5.20. The zero-order chi connectivity index (χ0) is 23.4. The number of hydrogen-bond donors (Lipinski definition) is 1. The summed E-state index contributed by atoms with van der Waals surface area (Å²) in [5, 5.41) is 14.3. The van der Waals surface area contributed by atoms with Gasteiger partial charge < -0.3 is 15.0 Å². The topological polar surface area (TPSA) is 110 Å². The summed E-state index contributed by atoms with van der Waals surface area (Å²) in [4.78, 5) is 34.5. The predicted molar refractivity (Wildman–Crippen MR) is 126 cm³/mol. The van der Waals surface area contributed by atoms with Gasteiger partial charge in [-0.15, -0.1) is 0 Å². The average molecular weight is 468 g/mol. The Morgan fingerprint density at radius 2 is 2.00 bits per heavy atom. The molecule has 1 saturated heterocycles. The number of hydrogen-bond acceptors (Lipinski definition) is 7. The fourth-order valence-electron chi connectivity index (χ4n) is 3.84. The number of nitrogens with one attached hydrogen (secondary N) is 1. The molecule has 1 amide bonds. The van der Waals surface area contributed by atoms with Crippen molar-refractivity contribution >= 4 is 34.7 Å². The van der Waals surface area contributed by atoms with E-state index in [1.54, 1.807) is 7.11 Å². The van der Waals surface area contributed by atoms with Gasteiger partial charge in [-0.3, -0.25) is 14.9 Å². The highest BCUT2D eigenvalue weighted by Gasteiger charge is 2.28. The van der Waals surface area contributed by atoms with Crippen molar-refractivity contribution in [3.8, 4) is 17.0 Å². The normalized spacial score (nSPS) is 15.7. The second kappa shape index (κ2) is 9.83. The van der Waals surface area contributed by atoms with Crippen molar-refractivity contribution in [2.45, 2.75) is 12.8 Å². The lowest BCUT2D eigenvalue weighted by Crippen LogP contribution is -2.41. The van der Waals surface area contributed by atoms with E-state index in [1.165, 1.54) is 24.5 Å². The Labute approximate surface area is 195 Å². The van der Waals surface area contributed by atoms with E-state index in [-0.39, 0.29) is 23.2 Å². The van der Waals surface area contributed by atoms with Gasteiger partial charge in [-0.2, -0.15) is 0 Å². The molecule has 1 aromatic heterocycles. The maximum absolute atomic E-state index is 12.9. The van der Waals surface area contributed by atoms with Crippen LogP contribution in [0.15, 0.2) is 54.9 Å². The minimum absolute atomic E-state index is 0.0958. The van der Waals surface area contributed by atoms with Crippen LogP contribution < -0.4 is 15.0 Å². The van der Waals surface area contributed by atoms with E-state index in [4.69, 9.17) is 16.3 Å². The number of methoxy groups -OCH3 is 1. The first-order chi connectivity index (χ1) is 15.9. The van der Waals surface area contributed by atoms with Gasteiger partial charge in [0, 0.05) is 35.8 Å². The molecule has 1 N–H and O–H groups in total. The molecular weight excluding hydrogens is 446 g/mol. The minimum Gasteiger partial charge on any atom is -0.497 e. The van der Waals surface area contributed by atoms with Crippen molar-refractivity contribution in [1.29, 1.82) is 0 Å². The number of aromatic nitrogens is 2. The first-order valence-electron chi connectivity index (χ1n) is 10.4. The molecule has 10 heteroatoms. The van der Waals surface area contributed by atoms with Crippen LogP contribution in [-0.2, 0) is 4.79 Å². The summed E-state index contributed by atoms with van der Waals surface area (Å²) >= 11 is 5.97. The molecule has 1 aliphatic rings. The summed E-state index contributed by atoms with van der Waals surface area (Å²) in [5.74, 6) is 0.853. The van der Waals surface area contributed by atoms with E-state index >= 15 is 0 Å². The number of carbonyl (C=O) groups excluding carboxylic acids is 1. The number of nitrogens with zero attached hydrogens (tertiary/aromatic N) is 4. The van der Waals surface area contributed by atoms with Crippen LogP contribution in [0.2, 0.25) is 5.02 Å². The summed E-state index contributed by atoms with van der Waals surface area (Å²) in [5.41, 5.74) is 1.60. The van der Waals surface area contributed by atoms with Gasteiger partial charge in [0.15, 0.2) is 0 Å². The van der Waals surface area contributed by atoms with Gasteiger partial charge in [-0.25, -0.2) is 9.97 Å². The van der Waals surface area contributed by atoms with Crippen LogP contribution in [-0.4, -0.2) is 41.0 Å². The fraction of sp³-hybridized carbons (Fsp3) is 0.261. The van der Waals surface area contributed by atoms with Gasteiger partial charge in [0.25, 0.3) is 5.69 Å². The lowest BCUT2D eigenvalue weighted by Gasteiger charge is -2.32. The lowest BCUT2D eigenvalue weighted by atomic mass is 9.97. The number of halogens is 1. The number of ether oxygens (including phenoxy) is 1. The van der Waals surface area contributed by atoms with E-state index < -0.39 is 4.92 Å². The monoisotopic (exact) mass is 467 g/mol. The Balaban J connectivity index is 1.49.